The third-order valence-electron chi connectivity index (χ3n) is 3.23. The SMILES string of the molecule is Cl.N[C@H](c1cccc(F)c1)[C@@H](O)C1CCC1. The molecule has 1 aromatic rings. The van der Waals surface area contributed by atoms with Gasteiger partial charge in [0.2, 0.25) is 0 Å². The van der Waals surface area contributed by atoms with Crippen LogP contribution in [0.4, 0.5) is 4.39 Å². The Hall–Kier alpha value is -0.640. The first-order valence-electron chi connectivity index (χ1n) is 5.37. The molecule has 4 heteroatoms. The van der Waals surface area contributed by atoms with E-state index < -0.39 is 12.1 Å². The van der Waals surface area contributed by atoms with Crippen molar-refractivity contribution < 1.29 is 9.50 Å². The van der Waals surface area contributed by atoms with Crippen molar-refractivity contribution >= 4 is 12.4 Å². The predicted molar refractivity (Wildman–Crippen MR) is 63.9 cm³/mol. The van der Waals surface area contributed by atoms with Crippen LogP contribution in [0.2, 0.25) is 0 Å². The monoisotopic (exact) mass is 245 g/mol. The second kappa shape index (κ2) is 5.62. The molecule has 0 unspecified atom stereocenters. The zero-order chi connectivity index (χ0) is 10.8. The molecule has 0 radical (unpaired) electrons. The molecule has 1 aliphatic carbocycles. The van der Waals surface area contributed by atoms with Gasteiger partial charge < -0.3 is 10.8 Å². The summed E-state index contributed by atoms with van der Waals surface area (Å²) in [7, 11) is 0. The second-order valence-corrected chi connectivity index (χ2v) is 4.26. The molecule has 16 heavy (non-hydrogen) atoms. The Balaban J connectivity index is 0.00000128. The molecule has 3 N–H and O–H groups in total. The summed E-state index contributed by atoms with van der Waals surface area (Å²) in [5.41, 5.74) is 6.58. The van der Waals surface area contributed by atoms with Crippen LogP contribution in [0, 0.1) is 11.7 Å². The molecule has 2 atom stereocenters. The number of benzene rings is 1. The first-order chi connectivity index (χ1) is 7.18. The minimum atomic E-state index is -0.541. The summed E-state index contributed by atoms with van der Waals surface area (Å²) in [5, 5.41) is 9.93. The van der Waals surface area contributed by atoms with Gasteiger partial charge in [-0.05, 0) is 36.5 Å². The van der Waals surface area contributed by atoms with E-state index in [4.69, 9.17) is 5.73 Å². The topological polar surface area (TPSA) is 46.2 Å². The van der Waals surface area contributed by atoms with E-state index in [1.54, 1.807) is 12.1 Å². The Kier molecular flexibility index (Phi) is 4.71. The summed E-state index contributed by atoms with van der Waals surface area (Å²) >= 11 is 0. The molecule has 0 amide bonds. The van der Waals surface area contributed by atoms with Crippen LogP contribution >= 0.6 is 12.4 Å². The van der Waals surface area contributed by atoms with Crippen LogP contribution in [0.25, 0.3) is 0 Å². The molecule has 1 aliphatic rings. The lowest BCUT2D eigenvalue weighted by Gasteiger charge is -2.33. The molecular formula is C12H17ClFNO. The smallest absolute Gasteiger partial charge is 0.123 e. The van der Waals surface area contributed by atoms with Gasteiger partial charge >= 0.3 is 0 Å². The average Bonchev–Trinajstić information content (AvgIpc) is 2.14. The van der Waals surface area contributed by atoms with Crippen LogP contribution in [0.15, 0.2) is 24.3 Å². The minimum Gasteiger partial charge on any atom is -0.391 e. The Morgan fingerprint density at radius 1 is 1.38 bits per heavy atom. The first-order valence-corrected chi connectivity index (χ1v) is 5.37. The van der Waals surface area contributed by atoms with Gasteiger partial charge in [-0.2, -0.15) is 0 Å². The molecule has 2 rings (SSSR count). The van der Waals surface area contributed by atoms with E-state index in [9.17, 15) is 9.50 Å². The van der Waals surface area contributed by atoms with Gasteiger partial charge in [-0.1, -0.05) is 18.6 Å². The lowest BCUT2D eigenvalue weighted by Crippen LogP contribution is -2.36. The molecule has 0 spiro atoms. The van der Waals surface area contributed by atoms with E-state index in [0.29, 0.717) is 11.5 Å². The molecule has 1 fully saturated rings. The van der Waals surface area contributed by atoms with Gasteiger partial charge in [0.15, 0.2) is 0 Å². The Labute approximate surface area is 101 Å². The molecule has 0 bridgehead atoms. The highest BCUT2D eigenvalue weighted by Crippen LogP contribution is 2.34. The Bertz CT molecular complexity index is 344. The molecule has 1 aromatic carbocycles. The van der Waals surface area contributed by atoms with E-state index in [-0.39, 0.29) is 18.2 Å². The summed E-state index contributed by atoms with van der Waals surface area (Å²) in [6, 6.07) is 5.69. The number of hydrogen-bond acceptors (Lipinski definition) is 2. The number of halogens is 2. The maximum Gasteiger partial charge on any atom is 0.123 e. The highest BCUT2D eigenvalue weighted by atomic mass is 35.5. The van der Waals surface area contributed by atoms with Gasteiger partial charge in [-0.3, -0.25) is 0 Å². The Morgan fingerprint density at radius 2 is 2.06 bits per heavy atom. The number of aliphatic hydroxyl groups excluding tert-OH is 1. The molecule has 2 nitrogen and oxygen atoms in total. The number of nitrogens with two attached hydrogens (primary N) is 1. The van der Waals surface area contributed by atoms with Crippen molar-refractivity contribution in [3.8, 4) is 0 Å². The van der Waals surface area contributed by atoms with Gasteiger partial charge in [-0.25, -0.2) is 4.39 Å². The van der Waals surface area contributed by atoms with E-state index in [2.05, 4.69) is 0 Å². The van der Waals surface area contributed by atoms with Crippen LogP contribution < -0.4 is 5.73 Å². The summed E-state index contributed by atoms with van der Waals surface area (Å²) in [4.78, 5) is 0. The molecule has 0 aromatic heterocycles. The Morgan fingerprint density at radius 3 is 2.56 bits per heavy atom. The summed E-state index contributed by atoms with van der Waals surface area (Å²) < 4.78 is 13.0. The van der Waals surface area contributed by atoms with Gasteiger partial charge in [-0.15, -0.1) is 12.4 Å². The first kappa shape index (κ1) is 13.4. The van der Waals surface area contributed by atoms with Crippen molar-refractivity contribution in [1.29, 1.82) is 0 Å². The van der Waals surface area contributed by atoms with Crippen molar-refractivity contribution in [1.82, 2.24) is 0 Å². The summed E-state index contributed by atoms with van der Waals surface area (Å²) in [6.45, 7) is 0. The van der Waals surface area contributed by atoms with Crippen LogP contribution in [0.3, 0.4) is 0 Å². The fraction of sp³-hybridized carbons (Fsp3) is 0.500. The van der Waals surface area contributed by atoms with E-state index in [1.165, 1.54) is 12.1 Å². The normalized spacial score (nSPS) is 19.4. The second-order valence-electron chi connectivity index (χ2n) is 4.26. The fourth-order valence-corrected chi connectivity index (χ4v) is 1.99. The number of hydrogen-bond donors (Lipinski definition) is 2. The maximum absolute atomic E-state index is 13.0. The molecule has 0 heterocycles. The van der Waals surface area contributed by atoms with Crippen LogP contribution in [-0.2, 0) is 0 Å². The quantitative estimate of drug-likeness (QED) is 0.859. The molecule has 0 saturated heterocycles. The highest BCUT2D eigenvalue weighted by molar-refractivity contribution is 5.85. The van der Waals surface area contributed by atoms with E-state index in [1.807, 2.05) is 0 Å². The lowest BCUT2D eigenvalue weighted by molar-refractivity contribution is 0.0413. The minimum absolute atomic E-state index is 0. The van der Waals surface area contributed by atoms with Crippen LogP contribution in [0.5, 0.6) is 0 Å². The summed E-state index contributed by atoms with van der Waals surface area (Å²) in [6.07, 6.45) is 2.69. The lowest BCUT2D eigenvalue weighted by atomic mass is 9.77. The highest BCUT2D eigenvalue weighted by Gasteiger charge is 2.30. The zero-order valence-electron chi connectivity index (χ0n) is 8.97. The molecule has 1 saturated carbocycles. The standard InChI is InChI=1S/C12H16FNO.ClH/c13-10-6-2-5-9(7-10)11(14)12(15)8-3-1-4-8;/h2,5-8,11-12,15H,1,3-4,14H2;1H/t11-,12+;/m1./s1. The van der Waals surface area contributed by atoms with Crippen molar-refractivity contribution in [2.24, 2.45) is 11.7 Å². The zero-order valence-corrected chi connectivity index (χ0v) is 9.79. The number of rotatable bonds is 3. The maximum atomic E-state index is 13.0. The third kappa shape index (κ3) is 2.73. The van der Waals surface area contributed by atoms with Gasteiger partial charge in [0, 0.05) is 0 Å². The van der Waals surface area contributed by atoms with E-state index >= 15 is 0 Å². The van der Waals surface area contributed by atoms with Crippen molar-refractivity contribution in [2.75, 3.05) is 0 Å². The van der Waals surface area contributed by atoms with Crippen molar-refractivity contribution in [3.63, 3.8) is 0 Å². The van der Waals surface area contributed by atoms with Crippen LogP contribution in [-0.4, -0.2) is 11.2 Å². The summed E-state index contributed by atoms with van der Waals surface area (Å²) in [5.74, 6) is -0.00738. The molecule has 90 valence electrons. The van der Waals surface area contributed by atoms with Gasteiger partial charge in [0.1, 0.15) is 5.82 Å². The van der Waals surface area contributed by atoms with Gasteiger partial charge in [0.05, 0.1) is 12.1 Å². The van der Waals surface area contributed by atoms with Gasteiger partial charge in [0.25, 0.3) is 0 Å². The largest absolute Gasteiger partial charge is 0.391 e. The van der Waals surface area contributed by atoms with E-state index in [0.717, 1.165) is 19.3 Å². The predicted octanol–water partition coefficient (Wildman–Crippen LogP) is 2.41. The third-order valence-corrected chi connectivity index (χ3v) is 3.23. The molecule has 0 aliphatic heterocycles. The van der Waals surface area contributed by atoms with Crippen molar-refractivity contribution in [2.45, 2.75) is 31.4 Å². The fourth-order valence-electron chi connectivity index (χ4n) is 1.99. The van der Waals surface area contributed by atoms with Crippen LogP contribution in [0.1, 0.15) is 30.9 Å². The number of aliphatic hydroxyl groups is 1. The average molecular weight is 246 g/mol. The molecular weight excluding hydrogens is 229 g/mol. The van der Waals surface area contributed by atoms with Crippen molar-refractivity contribution in [3.05, 3.63) is 35.6 Å².